The number of carboxylic acids is 1. The summed E-state index contributed by atoms with van der Waals surface area (Å²) in [5.41, 5.74) is 0. The molecule has 0 spiro atoms. The molecule has 2 rings (SSSR count). The van der Waals surface area contributed by atoms with Crippen molar-refractivity contribution in [1.82, 2.24) is 5.32 Å². The summed E-state index contributed by atoms with van der Waals surface area (Å²) in [4.78, 5) is 24.3. The molecule has 0 radical (unpaired) electrons. The molecule has 0 atom stereocenters. The Bertz CT molecular complexity index is 512. The van der Waals surface area contributed by atoms with Gasteiger partial charge in [-0.15, -0.1) is 11.8 Å². The summed E-state index contributed by atoms with van der Waals surface area (Å²) in [5, 5.41) is 11.7. The number of unbranched alkanes of at least 4 members (excludes halogenated alkanes) is 2. The van der Waals surface area contributed by atoms with Gasteiger partial charge < -0.3 is 10.4 Å². The maximum absolute atomic E-state index is 12.7. The molecule has 0 heterocycles. The zero-order chi connectivity index (χ0) is 16.5. The smallest absolute Gasteiger partial charge is 0.303 e. The van der Waals surface area contributed by atoms with E-state index < -0.39 is 5.97 Å². The molecule has 5 heteroatoms. The first-order valence-corrected chi connectivity index (χ1v) is 9.18. The molecule has 0 unspecified atom stereocenters. The summed E-state index contributed by atoms with van der Waals surface area (Å²) in [5.74, 6) is -0.611. The van der Waals surface area contributed by atoms with Gasteiger partial charge in [-0.1, -0.05) is 37.5 Å². The number of amides is 1. The van der Waals surface area contributed by atoms with Gasteiger partial charge in [0.05, 0.1) is 4.75 Å². The first-order valence-electron chi connectivity index (χ1n) is 8.37. The van der Waals surface area contributed by atoms with Crippen molar-refractivity contribution in [2.24, 2.45) is 0 Å². The number of hydrogen-bond donors (Lipinski definition) is 2. The van der Waals surface area contributed by atoms with Crippen LogP contribution in [0.5, 0.6) is 0 Å². The molecule has 1 amide bonds. The van der Waals surface area contributed by atoms with Crippen molar-refractivity contribution in [3.05, 3.63) is 30.3 Å². The Labute approximate surface area is 142 Å². The van der Waals surface area contributed by atoms with Crippen LogP contribution in [0.4, 0.5) is 0 Å². The van der Waals surface area contributed by atoms with E-state index in [1.54, 1.807) is 11.8 Å². The standard InChI is InChI=1S/C18H25NO3S/c20-16(21)11-5-2-8-14-19-17(22)18(12-6-7-13-18)23-15-9-3-1-4-10-15/h1,3-4,9-10H,2,5-8,11-14H2,(H,19,22)(H,20,21). The molecule has 126 valence electrons. The number of nitrogens with one attached hydrogen (secondary N) is 1. The quantitative estimate of drug-likeness (QED) is 0.673. The number of carboxylic acid groups (broad SMARTS) is 1. The predicted molar refractivity (Wildman–Crippen MR) is 92.6 cm³/mol. The highest BCUT2D eigenvalue weighted by atomic mass is 32.2. The van der Waals surface area contributed by atoms with Gasteiger partial charge in [0.2, 0.25) is 5.91 Å². The summed E-state index contributed by atoms with van der Waals surface area (Å²) in [7, 11) is 0. The first-order chi connectivity index (χ1) is 11.1. The van der Waals surface area contributed by atoms with Crippen LogP contribution in [0.3, 0.4) is 0 Å². The lowest BCUT2D eigenvalue weighted by molar-refractivity contribution is -0.137. The number of carbonyl (C=O) groups is 2. The number of benzene rings is 1. The van der Waals surface area contributed by atoms with Gasteiger partial charge in [-0.3, -0.25) is 9.59 Å². The molecule has 0 aromatic heterocycles. The monoisotopic (exact) mass is 335 g/mol. The SMILES string of the molecule is O=C(O)CCCCCNC(=O)C1(Sc2ccccc2)CCCC1. The van der Waals surface area contributed by atoms with Crippen molar-refractivity contribution in [2.45, 2.75) is 61.0 Å². The van der Waals surface area contributed by atoms with Crippen LogP contribution >= 0.6 is 11.8 Å². The Hall–Kier alpha value is -1.49. The fourth-order valence-corrected chi connectivity index (χ4v) is 4.38. The zero-order valence-electron chi connectivity index (χ0n) is 13.4. The Kier molecular flexibility index (Phi) is 6.96. The maximum Gasteiger partial charge on any atom is 0.303 e. The highest BCUT2D eigenvalue weighted by molar-refractivity contribution is 8.01. The van der Waals surface area contributed by atoms with Crippen molar-refractivity contribution in [2.75, 3.05) is 6.54 Å². The van der Waals surface area contributed by atoms with E-state index in [9.17, 15) is 9.59 Å². The van der Waals surface area contributed by atoms with Gasteiger partial charge in [0, 0.05) is 17.9 Å². The lowest BCUT2D eigenvalue weighted by Crippen LogP contribution is -2.42. The number of aliphatic carboxylic acids is 1. The molecule has 1 aliphatic carbocycles. The molecular weight excluding hydrogens is 310 g/mol. The van der Waals surface area contributed by atoms with Crippen LogP contribution in [0.15, 0.2) is 35.2 Å². The molecule has 0 aliphatic heterocycles. The third kappa shape index (κ3) is 5.57. The van der Waals surface area contributed by atoms with Crippen LogP contribution < -0.4 is 5.32 Å². The second-order valence-electron chi connectivity index (χ2n) is 6.08. The Morgan fingerprint density at radius 2 is 1.78 bits per heavy atom. The van der Waals surface area contributed by atoms with Crippen molar-refractivity contribution in [3.63, 3.8) is 0 Å². The maximum atomic E-state index is 12.7. The van der Waals surface area contributed by atoms with E-state index in [0.717, 1.165) is 43.4 Å². The topological polar surface area (TPSA) is 66.4 Å². The minimum Gasteiger partial charge on any atom is -0.481 e. The van der Waals surface area contributed by atoms with Crippen LogP contribution in [0.1, 0.15) is 51.4 Å². The summed E-state index contributed by atoms with van der Waals surface area (Å²) >= 11 is 1.69. The lowest BCUT2D eigenvalue weighted by Gasteiger charge is -2.27. The molecule has 1 aliphatic rings. The third-order valence-electron chi connectivity index (χ3n) is 4.23. The van der Waals surface area contributed by atoms with Gasteiger partial charge in [-0.25, -0.2) is 0 Å². The van der Waals surface area contributed by atoms with Crippen molar-refractivity contribution in [1.29, 1.82) is 0 Å². The van der Waals surface area contributed by atoms with Crippen molar-refractivity contribution >= 4 is 23.6 Å². The second kappa shape index (κ2) is 8.96. The number of rotatable bonds is 9. The van der Waals surface area contributed by atoms with Gasteiger partial charge in [-0.05, 0) is 37.8 Å². The van der Waals surface area contributed by atoms with E-state index in [-0.39, 0.29) is 17.1 Å². The van der Waals surface area contributed by atoms with E-state index in [2.05, 4.69) is 17.4 Å². The summed E-state index contributed by atoms with van der Waals surface area (Å²) in [6.45, 7) is 0.634. The molecule has 23 heavy (non-hydrogen) atoms. The lowest BCUT2D eigenvalue weighted by atomic mass is 10.1. The normalized spacial score (nSPS) is 16.2. The van der Waals surface area contributed by atoms with E-state index in [0.29, 0.717) is 13.0 Å². The number of hydrogen-bond acceptors (Lipinski definition) is 3. The Morgan fingerprint density at radius 1 is 1.09 bits per heavy atom. The van der Waals surface area contributed by atoms with Gasteiger partial charge in [0.1, 0.15) is 0 Å². The molecule has 2 N–H and O–H groups in total. The van der Waals surface area contributed by atoms with Gasteiger partial charge in [-0.2, -0.15) is 0 Å². The minimum absolute atomic E-state index is 0.141. The average Bonchev–Trinajstić information content (AvgIpc) is 3.01. The number of carbonyl (C=O) groups excluding carboxylic acids is 1. The molecule has 0 saturated heterocycles. The summed E-state index contributed by atoms with van der Waals surface area (Å²) in [6, 6.07) is 10.1. The highest BCUT2D eigenvalue weighted by Crippen LogP contribution is 2.45. The minimum atomic E-state index is -0.752. The molecule has 1 aromatic rings. The van der Waals surface area contributed by atoms with E-state index in [1.807, 2.05) is 18.2 Å². The fraction of sp³-hybridized carbons (Fsp3) is 0.556. The van der Waals surface area contributed by atoms with Crippen molar-refractivity contribution in [3.8, 4) is 0 Å². The first kappa shape index (κ1) is 17.9. The van der Waals surface area contributed by atoms with Gasteiger partial charge in [0.15, 0.2) is 0 Å². The van der Waals surface area contributed by atoms with Crippen LogP contribution in [0.2, 0.25) is 0 Å². The van der Waals surface area contributed by atoms with Crippen LogP contribution in [-0.2, 0) is 9.59 Å². The average molecular weight is 335 g/mol. The summed E-state index contributed by atoms with van der Waals surface area (Å²) < 4.78 is -0.331. The largest absolute Gasteiger partial charge is 0.481 e. The van der Waals surface area contributed by atoms with E-state index >= 15 is 0 Å². The fourth-order valence-electron chi connectivity index (χ4n) is 2.98. The predicted octanol–water partition coefficient (Wildman–Crippen LogP) is 3.85. The van der Waals surface area contributed by atoms with Crippen LogP contribution in [-0.4, -0.2) is 28.3 Å². The van der Waals surface area contributed by atoms with Gasteiger partial charge in [0.25, 0.3) is 0 Å². The molecule has 1 aromatic carbocycles. The van der Waals surface area contributed by atoms with Crippen LogP contribution in [0, 0.1) is 0 Å². The molecular formula is C18H25NO3S. The second-order valence-corrected chi connectivity index (χ2v) is 7.53. The van der Waals surface area contributed by atoms with E-state index in [1.165, 1.54) is 0 Å². The zero-order valence-corrected chi connectivity index (χ0v) is 14.2. The molecule has 4 nitrogen and oxygen atoms in total. The highest BCUT2D eigenvalue weighted by Gasteiger charge is 2.41. The number of thioether (sulfide) groups is 1. The van der Waals surface area contributed by atoms with E-state index in [4.69, 9.17) is 5.11 Å². The molecule has 1 saturated carbocycles. The molecule has 1 fully saturated rings. The summed E-state index contributed by atoms with van der Waals surface area (Å²) in [6.07, 6.45) is 6.62. The third-order valence-corrected chi connectivity index (χ3v) is 5.73. The Morgan fingerprint density at radius 3 is 2.43 bits per heavy atom. The van der Waals surface area contributed by atoms with Gasteiger partial charge >= 0.3 is 5.97 Å². The van der Waals surface area contributed by atoms with Crippen LogP contribution in [0.25, 0.3) is 0 Å². The Balaban J connectivity index is 1.80. The van der Waals surface area contributed by atoms with Crippen molar-refractivity contribution < 1.29 is 14.7 Å². The molecule has 0 bridgehead atoms.